The Kier molecular flexibility index (Phi) is 13.1. The van der Waals surface area contributed by atoms with Gasteiger partial charge >= 0.3 is 29.9 Å². The minimum atomic E-state index is -4.71. The fraction of sp³-hybridized carbons (Fsp3) is 0.0732. The first kappa shape index (κ1) is 43.8. The molecule has 0 unspecified atom stereocenters. The number of carboxylic acid groups (broad SMARTS) is 2. The Balaban J connectivity index is 0.000000197. The van der Waals surface area contributed by atoms with Crippen LogP contribution in [0.25, 0.3) is 43.1 Å². The molecular formula is C41H27Cl2F3N4O9S2. The van der Waals surface area contributed by atoms with Gasteiger partial charge in [0.25, 0.3) is 11.8 Å². The van der Waals surface area contributed by atoms with Crippen molar-refractivity contribution in [2.45, 2.75) is 20.0 Å². The Morgan fingerprint density at radius 1 is 0.689 bits per heavy atom. The van der Waals surface area contributed by atoms with Crippen LogP contribution in [0.15, 0.2) is 105 Å². The number of rotatable bonds is 8. The number of oxazole rings is 2. The van der Waals surface area contributed by atoms with Gasteiger partial charge in [0.05, 0.1) is 31.7 Å². The molecule has 13 nitrogen and oxygen atoms in total. The number of alkyl halides is 3. The van der Waals surface area contributed by atoms with Gasteiger partial charge in [-0.15, -0.1) is 22.7 Å². The van der Waals surface area contributed by atoms with Gasteiger partial charge in [0.1, 0.15) is 22.4 Å². The van der Waals surface area contributed by atoms with Crippen molar-refractivity contribution >= 4 is 103 Å². The largest absolute Gasteiger partial charge is 0.506 e. The summed E-state index contributed by atoms with van der Waals surface area (Å²) in [7, 11) is 0. The highest BCUT2D eigenvalue weighted by Gasteiger charge is 2.34. The van der Waals surface area contributed by atoms with E-state index < -0.39 is 40.5 Å². The topological polar surface area (TPSA) is 205 Å². The van der Waals surface area contributed by atoms with Crippen LogP contribution in [0.2, 0.25) is 10.0 Å². The van der Waals surface area contributed by atoms with Gasteiger partial charge in [-0.25, -0.2) is 19.6 Å². The lowest BCUT2D eigenvalue weighted by atomic mass is 10.1. The number of benzene rings is 4. The first-order chi connectivity index (χ1) is 29.1. The third kappa shape index (κ3) is 9.52. The highest BCUT2D eigenvalue weighted by Crippen LogP contribution is 2.42. The number of thiophene rings is 2. The second-order valence-electron chi connectivity index (χ2n) is 12.1. The molecule has 4 aromatic heterocycles. The molecule has 61 heavy (non-hydrogen) atoms. The van der Waals surface area contributed by atoms with Gasteiger partial charge in [-0.1, -0.05) is 73.4 Å². The summed E-state index contributed by atoms with van der Waals surface area (Å²) in [6.07, 6.45) is -4.71. The Labute approximate surface area is 359 Å². The van der Waals surface area contributed by atoms with E-state index in [1.165, 1.54) is 34.2 Å². The maximum Gasteiger partial charge on any atom is 0.417 e. The van der Waals surface area contributed by atoms with Crippen molar-refractivity contribution in [1.82, 2.24) is 9.97 Å². The number of carboxylic acids is 2. The molecule has 8 aromatic rings. The molecular weight excluding hydrogens is 885 g/mol. The molecule has 312 valence electrons. The number of amides is 2. The summed E-state index contributed by atoms with van der Waals surface area (Å²) < 4.78 is 50.3. The van der Waals surface area contributed by atoms with Crippen molar-refractivity contribution in [1.29, 1.82) is 0 Å². The number of phenols is 1. The number of carbonyl (C=O) groups excluding carboxylic acids is 2. The summed E-state index contributed by atoms with van der Waals surface area (Å²) >= 11 is 13.6. The van der Waals surface area contributed by atoms with Crippen molar-refractivity contribution in [3.05, 3.63) is 134 Å². The second kappa shape index (κ2) is 18.3. The summed E-state index contributed by atoms with van der Waals surface area (Å²) in [6, 6.07) is 21.0. The van der Waals surface area contributed by atoms with E-state index in [1.54, 1.807) is 60.7 Å². The number of fused-ring (bicyclic) bond motifs is 2. The number of hydrogen-bond donors (Lipinski definition) is 5. The normalized spacial score (nSPS) is 11.0. The molecule has 8 rings (SSSR count). The van der Waals surface area contributed by atoms with Gasteiger partial charge in [-0.2, -0.15) is 13.2 Å². The minimum absolute atomic E-state index is 0.00138. The quantitative estimate of drug-likeness (QED) is 0.0969. The fourth-order valence-electron chi connectivity index (χ4n) is 5.59. The van der Waals surface area contributed by atoms with E-state index in [1.807, 2.05) is 13.8 Å². The predicted octanol–water partition coefficient (Wildman–Crippen LogP) is 12.1. The molecule has 0 atom stereocenters. The zero-order valence-corrected chi connectivity index (χ0v) is 34.3. The number of nitrogens with one attached hydrogen (secondary N) is 2. The molecule has 5 N–H and O–H groups in total. The highest BCUT2D eigenvalue weighted by molar-refractivity contribution is 7.15. The lowest BCUT2D eigenvalue weighted by Gasteiger charge is -2.11. The summed E-state index contributed by atoms with van der Waals surface area (Å²) in [4.78, 5) is 57.2. The maximum absolute atomic E-state index is 13.2. The average molecular weight is 912 g/mol. The molecule has 0 bridgehead atoms. The van der Waals surface area contributed by atoms with Crippen LogP contribution in [-0.4, -0.2) is 49.0 Å². The number of aromatic carboxylic acids is 2. The Morgan fingerprint density at radius 2 is 1.21 bits per heavy atom. The van der Waals surface area contributed by atoms with Crippen LogP contribution in [0.3, 0.4) is 0 Å². The van der Waals surface area contributed by atoms with Crippen LogP contribution >= 0.6 is 45.9 Å². The van der Waals surface area contributed by atoms with Gasteiger partial charge in [0.15, 0.2) is 16.7 Å². The molecule has 0 fully saturated rings. The van der Waals surface area contributed by atoms with E-state index in [4.69, 9.17) is 32.0 Å². The summed E-state index contributed by atoms with van der Waals surface area (Å²) in [5.74, 6) is -4.81. The van der Waals surface area contributed by atoms with E-state index in [2.05, 4.69) is 20.6 Å². The van der Waals surface area contributed by atoms with Crippen LogP contribution in [0, 0.1) is 0 Å². The molecule has 0 aliphatic heterocycles. The predicted molar refractivity (Wildman–Crippen MR) is 225 cm³/mol. The van der Waals surface area contributed by atoms with Crippen LogP contribution < -0.4 is 10.6 Å². The first-order valence-corrected chi connectivity index (χ1v) is 20.0. The van der Waals surface area contributed by atoms with E-state index in [0.29, 0.717) is 26.6 Å². The number of para-hydroxylation sites is 3. The molecule has 0 radical (unpaired) electrons. The van der Waals surface area contributed by atoms with E-state index in [-0.39, 0.29) is 61.6 Å². The lowest BCUT2D eigenvalue weighted by Crippen LogP contribution is -2.14. The van der Waals surface area contributed by atoms with Crippen molar-refractivity contribution in [2.24, 2.45) is 0 Å². The number of hydrogen-bond acceptors (Lipinski definition) is 11. The molecule has 4 aromatic carbocycles. The van der Waals surface area contributed by atoms with Gasteiger partial charge in [-0.05, 0) is 59.7 Å². The van der Waals surface area contributed by atoms with Crippen molar-refractivity contribution in [2.75, 3.05) is 10.6 Å². The van der Waals surface area contributed by atoms with Crippen LogP contribution in [0.4, 0.5) is 24.5 Å². The van der Waals surface area contributed by atoms with Crippen LogP contribution in [-0.2, 0) is 6.18 Å². The standard InChI is InChI=1S/C20H10ClF3N2O4S.C19H11ClN2O5S.C2H6/c21-11-6-5-9(7-10(11)20(22,23)24)16-15(19(28)29)13(8-31-16)25-17(27)18-26-12-3-1-2-4-14(12)30-18;20-10-6-4-9(5-7-10)16-14(19(25)26)11(8-28-16)21-17(24)18-22-15-12(23)2-1-3-13(15)27-18;1-2/h1-8H,(H,25,27)(H,28,29);1-8,23H,(H,21,24)(H,25,26);1-2H3. The zero-order chi connectivity index (χ0) is 44.2. The zero-order valence-electron chi connectivity index (χ0n) is 31.1. The molecule has 2 amide bonds. The molecule has 0 spiro atoms. The molecule has 0 saturated heterocycles. The smallest absolute Gasteiger partial charge is 0.417 e. The number of nitrogens with zero attached hydrogens (tertiary/aromatic N) is 2. The second-order valence-corrected chi connectivity index (χ2v) is 14.7. The molecule has 20 heteroatoms. The number of halogens is 5. The Morgan fingerprint density at radius 3 is 1.77 bits per heavy atom. The van der Waals surface area contributed by atoms with Crippen molar-refractivity contribution in [3.8, 4) is 26.6 Å². The average Bonchev–Trinajstić information content (AvgIpc) is 4.04. The number of aromatic nitrogens is 2. The van der Waals surface area contributed by atoms with E-state index in [0.717, 1.165) is 23.5 Å². The van der Waals surface area contributed by atoms with Crippen LogP contribution in [0.1, 0.15) is 61.5 Å². The van der Waals surface area contributed by atoms with Gasteiger partial charge in [0, 0.05) is 15.8 Å². The van der Waals surface area contributed by atoms with Gasteiger partial charge < -0.3 is 34.8 Å². The molecule has 4 heterocycles. The summed E-state index contributed by atoms with van der Waals surface area (Å²) in [6.45, 7) is 4.00. The third-order valence-corrected chi connectivity index (χ3v) is 10.9. The number of phenolic OH excluding ortho intramolecular Hbond substituents is 1. The Bertz CT molecular complexity index is 2910. The van der Waals surface area contributed by atoms with E-state index in [9.17, 15) is 47.7 Å². The maximum atomic E-state index is 13.2. The summed E-state index contributed by atoms with van der Waals surface area (Å²) in [5.41, 5.74) is 0.422. The number of anilines is 2. The van der Waals surface area contributed by atoms with Crippen LogP contribution in [0.5, 0.6) is 5.75 Å². The van der Waals surface area contributed by atoms with Crippen molar-refractivity contribution < 1.29 is 56.5 Å². The van der Waals surface area contributed by atoms with E-state index >= 15 is 0 Å². The molecule has 0 saturated carbocycles. The minimum Gasteiger partial charge on any atom is -0.506 e. The SMILES string of the molecule is CC.O=C(Nc1csc(-c2ccc(Cl)c(C(F)(F)F)c2)c1C(=O)O)c1nc2ccccc2o1.O=C(Nc1csc(-c2ccc(Cl)cc2)c1C(=O)O)c1nc2c(O)cccc2o1. The first-order valence-electron chi connectivity index (χ1n) is 17.5. The fourth-order valence-corrected chi connectivity index (χ4v) is 7.93. The number of aromatic hydroxyl groups is 1. The van der Waals surface area contributed by atoms with Crippen molar-refractivity contribution in [3.63, 3.8) is 0 Å². The lowest BCUT2D eigenvalue weighted by molar-refractivity contribution is -0.137. The molecule has 0 aliphatic rings. The molecule has 0 aliphatic carbocycles. The van der Waals surface area contributed by atoms with Gasteiger partial charge in [0.2, 0.25) is 0 Å². The summed E-state index contributed by atoms with van der Waals surface area (Å²) in [5, 5.41) is 36.9. The third-order valence-electron chi connectivity index (χ3n) is 8.23. The Hall–Kier alpha value is -6.73. The number of carbonyl (C=O) groups is 4. The highest BCUT2D eigenvalue weighted by atomic mass is 35.5. The monoisotopic (exact) mass is 910 g/mol. The van der Waals surface area contributed by atoms with Gasteiger partial charge in [-0.3, -0.25) is 9.59 Å².